The summed E-state index contributed by atoms with van der Waals surface area (Å²) >= 11 is 1.74. The number of nitrogens with zero attached hydrogens (tertiary/aromatic N) is 2. The summed E-state index contributed by atoms with van der Waals surface area (Å²) in [7, 11) is 0. The molecule has 2 atom stereocenters. The number of carbonyl (C=O) groups excluding carboxylic acids is 1. The van der Waals surface area contributed by atoms with E-state index in [0.717, 1.165) is 29.1 Å². The van der Waals surface area contributed by atoms with E-state index in [2.05, 4.69) is 11.4 Å². The maximum atomic E-state index is 13.6. The third-order valence-electron chi connectivity index (χ3n) is 6.11. The van der Waals surface area contributed by atoms with Crippen molar-refractivity contribution in [3.05, 3.63) is 75.9 Å². The first-order valence-corrected chi connectivity index (χ1v) is 13.0. The molecule has 4 rings (SSSR count). The largest absolute Gasteiger partial charge is 0.491 e. The Balaban J connectivity index is 1.47. The summed E-state index contributed by atoms with van der Waals surface area (Å²) in [6, 6.07) is 13.6. The van der Waals surface area contributed by atoms with E-state index in [1.165, 1.54) is 4.88 Å². The lowest BCUT2D eigenvalue weighted by Gasteiger charge is -2.37. The number of hydrogen-bond donors (Lipinski definition) is 1. The second kappa shape index (κ2) is 12.4. The van der Waals surface area contributed by atoms with Gasteiger partial charge in [0.1, 0.15) is 18.1 Å². The van der Waals surface area contributed by atoms with E-state index in [1.54, 1.807) is 17.6 Å². The molecule has 188 valence electrons. The maximum Gasteiger partial charge on any atom is 0.237 e. The van der Waals surface area contributed by atoms with Gasteiger partial charge in [-0.1, -0.05) is 12.1 Å². The van der Waals surface area contributed by atoms with Gasteiger partial charge in [0.25, 0.3) is 0 Å². The van der Waals surface area contributed by atoms with Crippen molar-refractivity contribution in [2.45, 2.75) is 39.0 Å². The molecule has 7 nitrogen and oxygen atoms in total. The molecule has 35 heavy (non-hydrogen) atoms. The molecule has 1 aliphatic rings. The number of thiophene rings is 1. The fourth-order valence-corrected chi connectivity index (χ4v) is 5.38. The molecule has 3 aromatic rings. The first-order chi connectivity index (χ1) is 17.0. The van der Waals surface area contributed by atoms with E-state index in [1.807, 2.05) is 60.0 Å². The summed E-state index contributed by atoms with van der Waals surface area (Å²) in [4.78, 5) is 18.8. The van der Waals surface area contributed by atoms with Crippen LogP contribution in [-0.2, 0) is 22.5 Å². The molecule has 0 aliphatic carbocycles. The number of aliphatic hydroxyl groups excluding tert-OH is 1. The number of rotatable bonds is 12. The Kier molecular flexibility index (Phi) is 8.98. The Labute approximate surface area is 210 Å². The van der Waals surface area contributed by atoms with Crippen LogP contribution in [0.3, 0.4) is 0 Å². The molecule has 3 heterocycles. The topological polar surface area (TPSA) is 75.4 Å². The third-order valence-corrected chi connectivity index (χ3v) is 7.11. The van der Waals surface area contributed by atoms with Gasteiger partial charge in [0.05, 0.1) is 38.1 Å². The first-order valence-electron chi connectivity index (χ1n) is 12.1. The van der Waals surface area contributed by atoms with Crippen molar-refractivity contribution in [3.8, 4) is 5.75 Å². The van der Waals surface area contributed by atoms with Crippen LogP contribution >= 0.6 is 11.3 Å². The number of furan rings is 1. The van der Waals surface area contributed by atoms with Gasteiger partial charge in [-0.3, -0.25) is 9.69 Å². The summed E-state index contributed by atoms with van der Waals surface area (Å²) in [6.07, 6.45) is 1.76. The van der Waals surface area contributed by atoms with E-state index in [9.17, 15) is 9.90 Å². The molecule has 8 heteroatoms. The van der Waals surface area contributed by atoms with Crippen LogP contribution < -0.4 is 4.74 Å². The minimum atomic E-state index is -0.692. The lowest BCUT2D eigenvalue weighted by Crippen LogP contribution is -2.47. The molecule has 0 fully saturated rings. The summed E-state index contributed by atoms with van der Waals surface area (Å²) in [5.41, 5.74) is 2.30. The number of fused-ring (bicyclic) bond motifs is 1. The summed E-state index contributed by atoms with van der Waals surface area (Å²) in [5.74, 6) is 1.56. The highest BCUT2D eigenvalue weighted by Crippen LogP contribution is 2.34. The van der Waals surface area contributed by atoms with Gasteiger partial charge in [-0.25, -0.2) is 0 Å². The molecule has 0 bridgehead atoms. The van der Waals surface area contributed by atoms with Gasteiger partial charge in [0.15, 0.2) is 0 Å². The van der Waals surface area contributed by atoms with Gasteiger partial charge in [0.2, 0.25) is 5.91 Å². The lowest BCUT2D eigenvalue weighted by molar-refractivity contribution is -0.136. The predicted molar refractivity (Wildman–Crippen MR) is 136 cm³/mol. The van der Waals surface area contributed by atoms with Crippen molar-refractivity contribution in [1.82, 2.24) is 9.80 Å². The Hall–Kier alpha value is -2.65. The van der Waals surface area contributed by atoms with E-state index < -0.39 is 6.10 Å². The molecule has 0 saturated carbocycles. The average molecular weight is 499 g/mol. The van der Waals surface area contributed by atoms with Crippen LogP contribution in [0, 0.1) is 6.92 Å². The van der Waals surface area contributed by atoms with Gasteiger partial charge in [-0.15, -0.1) is 11.3 Å². The summed E-state index contributed by atoms with van der Waals surface area (Å²) < 4.78 is 17.0. The normalized spacial score (nSPS) is 16.3. The Bertz CT molecular complexity index is 1070. The number of ether oxygens (including phenoxy) is 2. The van der Waals surface area contributed by atoms with Crippen LogP contribution in [0.2, 0.25) is 0 Å². The lowest BCUT2D eigenvalue weighted by atomic mass is 10.0. The van der Waals surface area contributed by atoms with Crippen LogP contribution in [0.1, 0.15) is 34.7 Å². The minimum absolute atomic E-state index is 0.00913. The molecular formula is C27H34N2O5S. The van der Waals surface area contributed by atoms with E-state index in [4.69, 9.17) is 13.9 Å². The van der Waals surface area contributed by atoms with Crippen LogP contribution in [-0.4, -0.2) is 66.4 Å². The van der Waals surface area contributed by atoms with Crippen molar-refractivity contribution >= 4 is 17.2 Å². The van der Waals surface area contributed by atoms with E-state index >= 15 is 0 Å². The quantitative estimate of drug-likeness (QED) is 0.406. The molecule has 0 saturated heterocycles. The molecule has 2 unspecified atom stereocenters. The molecule has 1 aliphatic heterocycles. The zero-order valence-corrected chi connectivity index (χ0v) is 21.2. The Morgan fingerprint density at radius 2 is 2.20 bits per heavy atom. The van der Waals surface area contributed by atoms with Crippen LogP contribution in [0.15, 0.2) is 58.5 Å². The minimum Gasteiger partial charge on any atom is -0.491 e. The van der Waals surface area contributed by atoms with E-state index in [-0.39, 0.29) is 25.1 Å². The molecule has 1 amide bonds. The molecular weight excluding hydrogens is 464 g/mol. The SMILES string of the molecule is CCOCC(O)CN(CC(=O)N1CCc2sccc2C1COc1cccc(C)c1)Cc1ccco1. The number of carbonyl (C=O) groups is 1. The van der Waals surface area contributed by atoms with Crippen LogP contribution in [0.25, 0.3) is 0 Å². The Morgan fingerprint density at radius 3 is 2.97 bits per heavy atom. The average Bonchev–Trinajstić information content (AvgIpc) is 3.53. The molecule has 1 aromatic carbocycles. The molecule has 2 aromatic heterocycles. The molecule has 0 spiro atoms. The Morgan fingerprint density at radius 1 is 1.31 bits per heavy atom. The van der Waals surface area contributed by atoms with Crippen molar-refractivity contribution in [2.24, 2.45) is 0 Å². The zero-order valence-electron chi connectivity index (χ0n) is 20.4. The first kappa shape index (κ1) is 25.4. The van der Waals surface area contributed by atoms with Gasteiger partial charge in [-0.2, -0.15) is 0 Å². The van der Waals surface area contributed by atoms with Crippen molar-refractivity contribution in [1.29, 1.82) is 0 Å². The number of aryl methyl sites for hydroxylation is 1. The number of hydrogen-bond acceptors (Lipinski definition) is 7. The second-order valence-electron chi connectivity index (χ2n) is 8.84. The maximum absolute atomic E-state index is 13.6. The summed E-state index contributed by atoms with van der Waals surface area (Å²) in [6.45, 7) is 6.65. The van der Waals surface area contributed by atoms with Gasteiger partial charge in [-0.05, 0) is 67.1 Å². The number of aliphatic hydroxyl groups is 1. The van der Waals surface area contributed by atoms with Gasteiger partial charge in [0, 0.05) is 24.6 Å². The van der Waals surface area contributed by atoms with Crippen molar-refractivity contribution < 1.29 is 23.8 Å². The third kappa shape index (κ3) is 6.95. The van der Waals surface area contributed by atoms with Gasteiger partial charge < -0.3 is 23.9 Å². The van der Waals surface area contributed by atoms with Crippen molar-refractivity contribution in [3.63, 3.8) is 0 Å². The van der Waals surface area contributed by atoms with Gasteiger partial charge >= 0.3 is 0 Å². The van der Waals surface area contributed by atoms with E-state index in [0.29, 0.717) is 32.8 Å². The van der Waals surface area contributed by atoms with Crippen LogP contribution in [0.5, 0.6) is 5.75 Å². The summed E-state index contributed by atoms with van der Waals surface area (Å²) in [5, 5.41) is 12.5. The standard InChI is InChI=1S/C27H34N2O5S/c1-3-32-18-21(30)15-28(16-23-8-5-12-33-23)17-27(31)29-11-9-26-24(10-13-35-26)25(29)19-34-22-7-4-6-20(2)14-22/h4-8,10,12-14,21,25,30H,3,9,11,15-19H2,1-2H3. The molecule has 0 radical (unpaired) electrons. The second-order valence-corrected chi connectivity index (χ2v) is 9.84. The zero-order chi connectivity index (χ0) is 24.6. The smallest absolute Gasteiger partial charge is 0.237 e. The fraction of sp³-hybridized carbons (Fsp3) is 0.444. The predicted octanol–water partition coefficient (Wildman–Crippen LogP) is 4.05. The highest BCUT2D eigenvalue weighted by molar-refractivity contribution is 7.10. The number of benzene rings is 1. The highest BCUT2D eigenvalue weighted by atomic mass is 32.1. The number of amides is 1. The van der Waals surface area contributed by atoms with Crippen LogP contribution in [0.4, 0.5) is 0 Å². The molecule has 1 N–H and O–H groups in total. The van der Waals surface area contributed by atoms with Crippen molar-refractivity contribution in [2.75, 3.05) is 39.5 Å². The monoisotopic (exact) mass is 498 g/mol. The fourth-order valence-electron chi connectivity index (χ4n) is 4.45. The highest BCUT2D eigenvalue weighted by Gasteiger charge is 2.33.